The number of Topliss-reactive ketones (excluding diaryl/α,β-unsaturated/α-hetero) is 1. The topological polar surface area (TPSA) is 124 Å². The molecule has 6 N–H and O–H groups in total. The van der Waals surface area contributed by atoms with Crippen molar-refractivity contribution in [2.75, 3.05) is 13.2 Å². The van der Waals surface area contributed by atoms with E-state index in [9.17, 15) is 20.1 Å². The molecule has 6 heteroatoms. The number of carbonyl (C=O) groups is 1. The highest BCUT2D eigenvalue weighted by Gasteiger charge is 2.36. The Kier molecular flexibility index (Phi) is 6.85. The van der Waals surface area contributed by atoms with E-state index >= 15 is 0 Å². The first kappa shape index (κ1) is 19.7. The van der Waals surface area contributed by atoms with Crippen LogP contribution >= 0.6 is 0 Å². The number of aliphatic hydroxyl groups is 4. The van der Waals surface area contributed by atoms with Gasteiger partial charge in [0, 0.05) is 11.8 Å². The van der Waals surface area contributed by atoms with Crippen LogP contribution in [-0.4, -0.2) is 45.5 Å². The van der Waals surface area contributed by atoms with Gasteiger partial charge in [-0.3, -0.25) is 4.79 Å². The van der Waals surface area contributed by atoms with Crippen LogP contribution in [0.5, 0.6) is 0 Å². The maximum absolute atomic E-state index is 12.3. The van der Waals surface area contributed by atoms with Crippen molar-refractivity contribution in [1.29, 1.82) is 0 Å². The second kappa shape index (κ2) is 7.99. The lowest BCUT2D eigenvalue weighted by Crippen LogP contribution is -2.49. The molecule has 0 unspecified atom stereocenters. The molecular weight excluding hydrogens is 298 g/mol. The largest absolute Gasteiger partial charge is 0.396 e. The van der Waals surface area contributed by atoms with E-state index in [1.165, 1.54) is 6.92 Å². The summed E-state index contributed by atoms with van der Waals surface area (Å²) >= 11 is 0. The van der Waals surface area contributed by atoms with E-state index in [4.69, 9.17) is 10.8 Å². The molecule has 0 fully saturated rings. The minimum atomic E-state index is -1.54. The number of carbonyl (C=O) groups excluding carboxylic acids is 1. The van der Waals surface area contributed by atoms with E-state index in [0.717, 1.165) is 0 Å². The summed E-state index contributed by atoms with van der Waals surface area (Å²) in [6.45, 7) is 2.59. The molecule has 1 rings (SSSR count). The van der Waals surface area contributed by atoms with Crippen LogP contribution in [0.25, 0.3) is 0 Å². The molecule has 0 aliphatic rings. The van der Waals surface area contributed by atoms with Crippen molar-refractivity contribution >= 4 is 5.78 Å². The van der Waals surface area contributed by atoms with Crippen molar-refractivity contribution < 1.29 is 25.2 Å². The Morgan fingerprint density at radius 1 is 1.13 bits per heavy atom. The van der Waals surface area contributed by atoms with Gasteiger partial charge in [0.2, 0.25) is 0 Å². The first-order chi connectivity index (χ1) is 10.7. The van der Waals surface area contributed by atoms with Gasteiger partial charge in [0.25, 0.3) is 0 Å². The first-order valence-electron chi connectivity index (χ1n) is 7.63. The number of hydrogen-bond acceptors (Lipinski definition) is 6. The fourth-order valence-corrected chi connectivity index (χ4v) is 2.23. The van der Waals surface area contributed by atoms with Crippen molar-refractivity contribution in [3.05, 3.63) is 35.4 Å². The zero-order valence-corrected chi connectivity index (χ0v) is 13.7. The van der Waals surface area contributed by atoms with Crippen molar-refractivity contribution in [2.24, 2.45) is 11.1 Å². The van der Waals surface area contributed by atoms with Gasteiger partial charge < -0.3 is 26.2 Å². The van der Waals surface area contributed by atoms with Crippen LogP contribution in [0.2, 0.25) is 0 Å². The molecule has 0 aliphatic heterocycles. The van der Waals surface area contributed by atoms with Gasteiger partial charge in [0.05, 0.1) is 25.9 Å². The van der Waals surface area contributed by atoms with Gasteiger partial charge in [0.1, 0.15) is 5.60 Å². The molecule has 23 heavy (non-hydrogen) atoms. The maximum atomic E-state index is 12.3. The molecule has 0 radical (unpaired) electrons. The number of hydrogen-bond donors (Lipinski definition) is 5. The van der Waals surface area contributed by atoms with E-state index in [2.05, 4.69) is 0 Å². The standard InChI is InChI=1S/C17H27NO5/c1-16(10-20,11-21)8-7-14(22)15(18)17(2,23)13-5-3-12(9-19)4-6-13/h3-6,15,19-21,23H,7-11,18H2,1-2H3/t15-,17+/m1/s1. The molecule has 1 aromatic rings. The summed E-state index contributed by atoms with van der Waals surface area (Å²) in [6.07, 6.45) is 0.343. The second-order valence-electron chi connectivity index (χ2n) is 6.57. The molecule has 0 aromatic heterocycles. The molecule has 0 aliphatic carbocycles. The lowest BCUT2D eigenvalue weighted by Gasteiger charge is -2.31. The van der Waals surface area contributed by atoms with Crippen LogP contribution < -0.4 is 5.73 Å². The fourth-order valence-electron chi connectivity index (χ4n) is 2.23. The van der Waals surface area contributed by atoms with Crippen LogP contribution in [0.3, 0.4) is 0 Å². The Morgan fingerprint density at radius 2 is 1.65 bits per heavy atom. The van der Waals surface area contributed by atoms with Gasteiger partial charge in [-0.05, 0) is 24.5 Å². The molecule has 0 spiro atoms. The Hall–Kier alpha value is -1.31. The summed E-state index contributed by atoms with van der Waals surface area (Å²) < 4.78 is 0. The highest BCUT2D eigenvalue weighted by molar-refractivity contribution is 5.85. The van der Waals surface area contributed by atoms with Gasteiger partial charge >= 0.3 is 0 Å². The zero-order valence-electron chi connectivity index (χ0n) is 13.7. The van der Waals surface area contributed by atoms with Crippen molar-refractivity contribution in [2.45, 2.75) is 44.9 Å². The molecule has 6 nitrogen and oxygen atoms in total. The fraction of sp³-hybridized carbons (Fsp3) is 0.588. The van der Waals surface area contributed by atoms with Crippen LogP contribution in [-0.2, 0) is 17.0 Å². The second-order valence-corrected chi connectivity index (χ2v) is 6.57. The van der Waals surface area contributed by atoms with E-state index in [0.29, 0.717) is 11.1 Å². The SMILES string of the molecule is CC(CO)(CO)CCC(=O)[C@@H](N)[C@@](C)(O)c1ccc(CO)cc1. The average molecular weight is 325 g/mol. The van der Waals surface area contributed by atoms with Crippen LogP contribution in [0.1, 0.15) is 37.8 Å². The van der Waals surface area contributed by atoms with Crippen molar-refractivity contribution in [3.63, 3.8) is 0 Å². The van der Waals surface area contributed by atoms with Crippen molar-refractivity contribution in [1.82, 2.24) is 0 Å². The highest BCUT2D eigenvalue weighted by atomic mass is 16.3. The maximum Gasteiger partial charge on any atom is 0.152 e. The van der Waals surface area contributed by atoms with Crippen LogP contribution in [0, 0.1) is 5.41 Å². The minimum Gasteiger partial charge on any atom is -0.396 e. The number of nitrogens with two attached hydrogens (primary N) is 1. The lowest BCUT2D eigenvalue weighted by molar-refractivity contribution is -0.127. The van der Waals surface area contributed by atoms with Crippen LogP contribution in [0.4, 0.5) is 0 Å². The van der Waals surface area contributed by atoms with Gasteiger partial charge in [-0.15, -0.1) is 0 Å². The van der Waals surface area contributed by atoms with Crippen molar-refractivity contribution in [3.8, 4) is 0 Å². The summed E-state index contributed by atoms with van der Waals surface area (Å²) in [5.41, 5.74) is 4.84. The van der Waals surface area contributed by atoms with E-state index in [1.54, 1.807) is 31.2 Å². The molecule has 2 atom stereocenters. The third-order valence-electron chi connectivity index (χ3n) is 4.41. The predicted octanol–water partition coefficient (Wildman–Crippen LogP) is 0.0539. The van der Waals surface area contributed by atoms with Gasteiger partial charge in [-0.1, -0.05) is 31.2 Å². The van der Waals surface area contributed by atoms with E-state index in [1.807, 2.05) is 0 Å². The zero-order chi connectivity index (χ0) is 17.7. The summed E-state index contributed by atoms with van der Waals surface area (Å²) in [4.78, 5) is 12.3. The quantitative estimate of drug-likeness (QED) is 0.437. The van der Waals surface area contributed by atoms with E-state index < -0.39 is 17.1 Å². The normalized spacial score (nSPS) is 16.0. The van der Waals surface area contributed by atoms with E-state index in [-0.39, 0.29) is 38.4 Å². The van der Waals surface area contributed by atoms with Gasteiger partial charge in [-0.2, -0.15) is 0 Å². The van der Waals surface area contributed by atoms with Gasteiger partial charge in [0.15, 0.2) is 5.78 Å². The Labute approximate surface area is 136 Å². The Balaban J connectivity index is 2.80. The molecule has 1 aromatic carbocycles. The third kappa shape index (κ3) is 4.83. The number of ketones is 1. The average Bonchev–Trinajstić information content (AvgIpc) is 2.58. The number of aliphatic hydroxyl groups excluding tert-OH is 3. The number of rotatable bonds is 9. The summed E-state index contributed by atoms with van der Waals surface area (Å²) in [7, 11) is 0. The smallest absolute Gasteiger partial charge is 0.152 e. The molecular formula is C17H27NO5. The number of benzene rings is 1. The monoisotopic (exact) mass is 325 g/mol. The first-order valence-corrected chi connectivity index (χ1v) is 7.63. The van der Waals surface area contributed by atoms with Crippen LogP contribution in [0.15, 0.2) is 24.3 Å². The molecule has 0 bridgehead atoms. The molecule has 0 amide bonds. The summed E-state index contributed by atoms with van der Waals surface area (Å²) in [6, 6.07) is 5.46. The lowest BCUT2D eigenvalue weighted by atomic mass is 9.81. The Bertz CT molecular complexity index is 508. The molecule has 0 saturated heterocycles. The molecule has 130 valence electrons. The molecule has 0 heterocycles. The third-order valence-corrected chi connectivity index (χ3v) is 4.41. The Morgan fingerprint density at radius 3 is 2.09 bits per heavy atom. The van der Waals surface area contributed by atoms with Gasteiger partial charge in [-0.25, -0.2) is 0 Å². The summed E-state index contributed by atoms with van der Waals surface area (Å²) in [5.74, 6) is -0.339. The minimum absolute atomic E-state index is 0.0592. The summed E-state index contributed by atoms with van der Waals surface area (Å²) in [5, 5.41) is 38.2. The molecule has 0 saturated carbocycles. The predicted molar refractivity (Wildman–Crippen MR) is 86.4 cm³/mol. The highest BCUT2D eigenvalue weighted by Crippen LogP contribution is 2.27.